The van der Waals surface area contributed by atoms with Crippen LogP contribution in [0.3, 0.4) is 0 Å². The summed E-state index contributed by atoms with van der Waals surface area (Å²) in [7, 11) is 1.65. The summed E-state index contributed by atoms with van der Waals surface area (Å²) < 4.78 is 11.2. The lowest BCUT2D eigenvalue weighted by Crippen LogP contribution is -2.23. The van der Waals surface area contributed by atoms with Crippen LogP contribution in [0, 0.1) is 0 Å². The first-order chi connectivity index (χ1) is 9.80. The minimum Gasteiger partial charge on any atom is -0.497 e. The first-order valence-corrected chi connectivity index (χ1v) is 6.89. The Hall–Kier alpha value is -2.00. The fourth-order valence-electron chi connectivity index (χ4n) is 2.66. The van der Waals surface area contributed by atoms with Crippen molar-refractivity contribution in [3.63, 3.8) is 0 Å². The highest BCUT2D eigenvalue weighted by molar-refractivity contribution is 5.41. The highest BCUT2D eigenvalue weighted by Gasteiger charge is 2.25. The lowest BCUT2D eigenvalue weighted by molar-refractivity contribution is 0.273. The Morgan fingerprint density at radius 1 is 1.15 bits per heavy atom. The minimum atomic E-state index is 0.486. The second kappa shape index (κ2) is 5.55. The van der Waals surface area contributed by atoms with Gasteiger partial charge in [0.25, 0.3) is 0 Å². The van der Waals surface area contributed by atoms with E-state index in [4.69, 9.17) is 15.2 Å². The molecule has 104 valence electrons. The van der Waals surface area contributed by atoms with Gasteiger partial charge in [-0.25, -0.2) is 0 Å². The van der Waals surface area contributed by atoms with Gasteiger partial charge in [0.1, 0.15) is 11.5 Å². The van der Waals surface area contributed by atoms with E-state index in [0.717, 1.165) is 23.5 Å². The molecule has 1 atom stereocenters. The number of ether oxygens (including phenoxy) is 2. The van der Waals surface area contributed by atoms with Crippen molar-refractivity contribution in [2.24, 2.45) is 5.73 Å². The summed E-state index contributed by atoms with van der Waals surface area (Å²) in [4.78, 5) is 0. The third-order valence-electron chi connectivity index (χ3n) is 3.82. The molecule has 3 heteroatoms. The Morgan fingerprint density at radius 3 is 2.70 bits per heavy atom. The van der Waals surface area contributed by atoms with E-state index in [1.165, 1.54) is 11.1 Å². The maximum atomic E-state index is 5.92. The van der Waals surface area contributed by atoms with Crippen molar-refractivity contribution >= 4 is 0 Å². The van der Waals surface area contributed by atoms with Crippen molar-refractivity contribution < 1.29 is 9.47 Å². The summed E-state index contributed by atoms with van der Waals surface area (Å²) >= 11 is 0. The molecule has 0 bridgehead atoms. The fourth-order valence-corrected chi connectivity index (χ4v) is 2.66. The van der Waals surface area contributed by atoms with E-state index in [1.807, 2.05) is 18.2 Å². The molecule has 0 fully saturated rings. The van der Waals surface area contributed by atoms with Gasteiger partial charge in [-0.1, -0.05) is 24.3 Å². The first-order valence-electron chi connectivity index (χ1n) is 6.89. The van der Waals surface area contributed by atoms with Gasteiger partial charge in [0.2, 0.25) is 0 Å². The normalized spacial score (nSPS) is 16.2. The lowest BCUT2D eigenvalue weighted by Gasteiger charge is -2.29. The van der Waals surface area contributed by atoms with Gasteiger partial charge in [0.05, 0.1) is 13.7 Å². The summed E-state index contributed by atoms with van der Waals surface area (Å²) in [6, 6.07) is 14.4. The van der Waals surface area contributed by atoms with Crippen molar-refractivity contribution in [3.8, 4) is 11.5 Å². The minimum absolute atomic E-state index is 0.486. The van der Waals surface area contributed by atoms with Crippen molar-refractivity contribution in [2.45, 2.75) is 18.9 Å². The number of hydrogen-bond donors (Lipinski definition) is 1. The number of methoxy groups -OCH3 is 1. The zero-order chi connectivity index (χ0) is 13.9. The molecule has 0 aromatic heterocycles. The number of fused-ring (bicyclic) bond motifs is 1. The fraction of sp³-hybridized carbons (Fsp3) is 0.294. The molecule has 1 aliphatic rings. The molecule has 3 rings (SSSR count). The molecule has 1 unspecified atom stereocenters. The van der Waals surface area contributed by atoms with Crippen LogP contribution < -0.4 is 15.2 Å². The molecule has 0 saturated heterocycles. The Labute approximate surface area is 119 Å². The van der Waals surface area contributed by atoms with Crippen LogP contribution in [0.1, 0.15) is 22.6 Å². The molecule has 0 spiro atoms. The van der Waals surface area contributed by atoms with E-state index in [1.54, 1.807) is 7.11 Å². The summed E-state index contributed by atoms with van der Waals surface area (Å²) in [5.41, 5.74) is 9.56. The number of benzene rings is 2. The van der Waals surface area contributed by atoms with Crippen LogP contribution in [0.2, 0.25) is 0 Å². The van der Waals surface area contributed by atoms with E-state index in [-0.39, 0.29) is 0 Å². The van der Waals surface area contributed by atoms with Gasteiger partial charge in [-0.05, 0) is 35.2 Å². The molecule has 2 aromatic carbocycles. The highest BCUT2D eigenvalue weighted by atomic mass is 16.5. The van der Waals surface area contributed by atoms with Gasteiger partial charge in [-0.3, -0.25) is 0 Å². The van der Waals surface area contributed by atoms with Gasteiger partial charge in [-0.15, -0.1) is 0 Å². The summed E-state index contributed by atoms with van der Waals surface area (Å²) in [5.74, 6) is 2.12. The van der Waals surface area contributed by atoms with Crippen LogP contribution in [0.15, 0.2) is 42.5 Å². The quantitative estimate of drug-likeness (QED) is 0.907. The molecule has 0 aliphatic heterocycles. The van der Waals surface area contributed by atoms with Crippen LogP contribution in [-0.2, 0) is 13.0 Å². The zero-order valence-corrected chi connectivity index (χ0v) is 11.6. The van der Waals surface area contributed by atoms with E-state index in [2.05, 4.69) is 24.3 Å². The Morgan fingerprint density at radius 2 is 1.95 bits per heavy atom. The van der Waals surface area contributed by atoms with Gasteiger partial charge >= 0.3 is 0 Å². The monoisotopic (exact) mass is 269 g/mol. The van der Waals surface area contributed by atoms with E-state index >= 15 is 0 Å². The van der Waals surface area contributed by atoms with Crippen molar-refractivity contribution in [1.82, 2.24) is 0 Å². The molecule has 2 N–H and O–H groups in total. The molecular weight excluding hydrogens is 250 g/mol. The van der Waals surface area contributed by atoms with E-state index < -0.39 is 0 Å². The number of hydrogen-bond acceptors (Lipinski definition) is 3. The van der Waals surface area contributed by atoms with Crippen LogP contribution in [0.25, 0.3) is 0 Å². The predicted octanol–water partition coefficient (Wildman–Crippen LogP) is 2.87. The van der Waals surface area contributed by atoms with Gasteiger partial charge in [0.15, 0.2) is 0 Å². The molecule has 1 aliphatic carbocycles. The summed E-state index contributed by atoms with van der Waals surface area (Å²) in [5, 5.41) is 0. The lowest BCUT2D eigenvalue weighted by atomic mass is 9.78. The molecular formula is C17H19NO2. The molecule has 0 radical (unpaired) electrons. The predicted molar refractivity (Wildman–Crippen MR) is 79.3 cm³/mol. The Kier molecular flexibility index (Phi) is 3.61. The molecule has 3 nitrogen and oxygen atoms in total. The van der Waals surface area contributed by atoms with E-state index in [9.17, 15) is 0 Å². The topological polar surface area (TPSA) is 44.5 Å². The van der Waals surface area contributed by atoms with Crippen molar-refractivity contribution in [3.05, 3.63) is 59.2 Å². The maximum Gasteiger partial charge on any atom is 0.123 e. The zero-order valence-electron chi connectivity index (χ0n) is 11.6. The molecule has 0 amide bonds. The van der Waals surface area contributed by atoms with Gasteiger partial charge in [-0.2, -0.15) is 0 Å². The summed E-state index contributed by atoms with van der Waals surface area (Å²) in [6.45, 7) is 1.19. The SMILES string of the molecule is COc1cc(CN)cc(OCC2Cc3ccccc32)c1. The van der Waals surface area contributed by atoms with Crippen molar-refractivity contribution in [2.75, 3.05) is 13.7 Å². The van der Waals surface area contributed by atoms with Crippen LogP contribution in [0.5, 0.6) is 11.5 Å². The van der Waals surface area contributed by atoms with E-state index in [0.29, 0.717) is 19.1 Å². The van der Waals surface area contributed by atoms with Crippen LogP contribution in [0.4, 0.5) is 0 Å². The molecule has 20 heavy (non-hydrogen) atoms. The highest BCUT2D eigenvalue weighted by Crippen LogP contribution is 2.35. The standard InChI is InChI=1S/C17H19NO2/c1-19-15-6-12(10-18)7-16(9-15)20-11-14-8-13-4-2-3-5-17(13)14/h2-7,9,14H,8,10-11,18H2,1H3. The second-order valence-corrected chi connectivity index (χ2v) is 5.13. The molecule has 0 heterocycles. The average Bonchev–Trinajstić information content (AvgIpc) is 2.47. The van der Waals surface area contributed by atoms with Gasteiger partial charge < -0.3 is 15.2 Å². The molecule has 0 saturated carbocycles. The molecule has 2 aromatic rings. The number of rotatable bonds is 5. The van der Waals surface area contributed by atoms with Gasteiger partial charge in [0, 0.05) is 18.5 Å². The first kappa shape index (κ1) is 13.0. The van der Waals surface area contributed by atoms with Crippen LogP contribution >= 0.6 is 0 Å². The third-order valence-corrected chi connectivity index (χ3v) is 3.82. The Balaban J connectivity index is 1.67. The maximum absolute atomic E-state index is 5.92. The smallest absolute Gasteiger partial charge is 0.123 e. The largest absolute Gasteiger partial charge is 0.497 e. The number of nitrogens with two attached hydrogens (primary N) is 1. The van der Waals surface area contributed by atoms with Crippen LogP contribution in [-0.4, -0.2) is 13.7 Å². The third kappa shape index (κ3) is 2.49. The Bertz CT molecular complexity index is 587. The second-order valence-electron chi connectivity index (χ2n) is 5.13. The van der Waals surface area contributed by atoms with Crippen molar-refractivity contribution in [1.29, 1.82) is 0 Å². The summed E-state index contributed by atoms with van der Waals surface area (Å²) in [6.07, 6.45) is 1.10. The average molecular weight is 269 g/mol.